The van der Waals surface area contributed by atoms with Crippen LogP contribution in [-0.2, 0) is 6.54 Å². The Morgan fingerprint density at radius 2 is 1.96 bits per heavy atom. The van der Waals surface area contributed by atoms with Gasteiger partial charge in [0.15, 0.2) is 0 Å². The maximum Gasteiger partial charge on any atom is 0.213 e. The minimum atomic E-state index is 0.158. The van der Waals surface area contributed by atoms with Crippen LogP contribution in [0.4, 0.5) is 0 Å². The van der Waals surface area contributed by atoms with Crippen molar-refractivity contribution in [2.24, 2.45) is 5.41 Å². The Bertz CT molecular complexity index is 699. The molecule has 25 heavy (non-hydrogen) atoms. The molecule has 5 nitrogen and oxygen atoms in total. The Kier molecular flexibility index (Phi) is 6.39. The zero-order valence-electron chi connectivity index (χ0n) is 15.8. The number of hydrogen-bond acceptors (Lipinski definition) is 5. The van der Waals surface area contributed by atoms with E-state index in [1.54, 1.807) is 13.2 Å². The van der Waals surface area contributed by atoms with Crippen molar-refractivity contribution < 1.29 is 9.84 Å². The van der Waals surface area contributed by atoms with Crippen molar-refractivity contribution in [1.82, 2.24) is 15.2 Å². The van der Waals surface area contributed by atoms with E-state index in [4.69, 9.17) is 4.74 Å². The van der Waals surface area contributed by atoms with Gasteiger partial charge in [0, 0.05) is 36.8 Å². The molecule has 136 valence electrons. The van der Waals surface area contributed by atoms with Crippen molar-refractivity contribution in [3.63, 3.8) is 0 Å². The Morgan fingerprint density at radius 3 is 2.64 bits per heavy atom. The highest BCUT2D eigenvalue weighted by atomic mass is 16.5. The SMILES string of the molecule is COc1cccc(-c2ccc(O)c(CNCC(C)(C)CN(C)C)c2)n1. The van der Waals surface area contributed by atoms with E-state index >= 15 is 0 Å². The van der Waals surface area contributed by atoms with Crippen LogP contribution >= 0.6 is 0 Å². The van der Waals surface area contributed by atoms with Crippen LogP contribution in [0.3, 0.4) is 0 Å². The van der Waals surface area contributed by atoms with E-state index in [2.05, 4.69) is 43.1 Å². The molecular weight excluding hydrogens is 314 g/mol. The first-order chi connectivity index (χ1) is 11.8. The van der Waals surface area contributed by atoms with Crippen molar-refractivity contribution in [2.45, 2.75) is 20.4 Å². The first-order valence-electron chi connectivity index (χ1n) is 8.49. The Labute approximate surface area is 150 Å². The van der Waals surface area contributed by atoms with Gasteiger partial charge in [-0.25, -0.2) is 4.98 Å². The molecule has 0 bridgehead atoms. The lowest BCUT2D eigenvalue weighted by atomic mass is 9.93. The molecule has 0 saturated heterocycles. The molecule has 1 heterocycles. The standard InChI is InChI=1S/C20H29N3O2/c1-20(2,14-23(3)4)13-21-12-16-11-15(9-10-18(16)24)17-7-6-8-19(22-17)25-5/h6-11,21,24H,12-14H2,1-5H3. The normalized spacial score (nSPS) is 11.8. The fourth-order valence-corrected chi connectivity index (χ4v) is 3.02. The van der Waals surface area contributed by atoms with E-state index in [1.807, 2.05) is 30.3 Å². The average Bonchev–Trinajstić information content (AvgIpc) is 2.55. The third kappa shape index (κ3) is 5.73. The average molecular weight is 343 g/mol. The number of phenolic OH excluding ortho intramolecular Hbond substituents is 1. The fraction of sp³-hybridized carbons (Fsp3) is 0.450. The lowest BCUT2D eigenvalue weighted by Gasteiger charge is -2.28. The van der Waals surface area contributed by atoms with Gasteiger partial charge in [-0.15, -0.1) is 0 Å². The van der Waals surface area contributed by atoms with Crippen LogP contribution in [0.1, 0.15) is 19.4 Å². The molecule has 1 aromatic carbocycles. The number of aromatic nitrogens is 1. The van der Waals surface area contributed by atoms with Crippen LogP contribution < -0.4 is 10.1 Å². The number of aromatic hydroxyl groups is 1. The van der Waals surface area contributed by atoms with Crippen molar-refractivity contribution in [1.29, 1.82) is 0 Å². The summed E-state index contributed by atoms with van der Waals surface area (Å²) in [6.45, 7) is 6.94. The van der Waals surface area contributed by atoms with Crippen molar-refractivity contribution in [3.05, 3.63) is 42.0 Å². The molecule has 0 radical (unpaired) electrons. The molecule has 0 spiro atoms. The quantitative estimate of drug-likeness (QED) is 0.771. The Hall–Kier alpha value is -2.11. The largest absolute Gasteiger partial charge is 0.508 e. The van der Waals surface area contributed by atoms with Crippen molar-refractivity contribution in [3.8, 4) is 22.9 Å². The molecule has 2 N–H and O–H groups in total. The highest BCUT2D eigenvalue weighted by molar-refractivity contribution is 5.62. The molecule has 0 unspecified atom stereocenters. The van der Waals surface area contributed by atoms with Crippen LogP contribution in [0.25, 0.3) is 11.3 Å². The number of methoxy groups -OCH3 is 1. The second-order valence-electron chi connectivity index (χ2n) is 7.41. The first-order valence-corrected chi connectivity index (χ1v) is 8.49. The predicted octanol–water partition coefficient (Wildman–Crippen LogP) is 3.14. The minimum absolute atomic E-state index is 0.158. The van der Waals surface area contributed by atoms with Crippen LogP contribution in [0.5, 0.6) is 11.6 Å². The molecule has 2 rings (SSSR count). The number of nitrogens with one attached hydrogen (secondary N) is 1. The summed E-state index contributed by atoms with van der Waals surface area (Å²) in [6, 6.07) is 11.2. The monoisotopic (exact) mass is 343 g/mol. The van der Waals surface area contributed by atoms with Crippen LogP contribution in [0, 0.1) is 5.41 Å². The molecule has 0 fully saturated rings. The second kappa shape index (κ2) is 8.32. The fourth-order valence-electron chi connectivity index (χ4n) is 3.02. The second-order valence-corrected chi connectivity index (χ2v) is 7.41. The van der Waals surface area contributed by atoms with E-state index in [-0.39, 0.29) is 5.41 Å². The number of ether oxygens (including phenoxy) is 1. The number of rotatable bonds is 8. The van der Waals surface area contributed by atoms with E-state index in [0.717, 1.165) is 29.9 Å². The van der Waals surface area contributed by atoms with Gasteiger partial charge < -0.3 is 20.1 Å². The van der Waals surface area contributed by atoms with E-state index < -0.39 is 0 Å². The first kappa shape index (κ1) is 19.2. The molecule has 1 aromatic heterocycles. The van der Waals surface area contributed by atoms with Gasteiger partial charge in [0.2, 0.25) is 5.88 Å². The lowest BCUT2D eigenvalue weighted by Crippen LogP contribution is -2.37. The number of nitrogens with zero attached hydrogens (tertiary/aromatic N) is 2. The zero-order valence-corrected chi connectivity index (χ0v) is 15.8. The van der Waals surface area contributed by atoms with Gasteiger partial charge in [-0.05, 0) is 43.8 Å². The minimum Gasteiger partial charge on any atom is -0.508 e. The maximum absolute atomic E-state index is 10.2. The molecule has 0 atom stereocenters. The summed E-state index contributed by atoms with van der Waals surface area (Å²) in [6.07, 6.45) is 0. The molecule has 0 saturated carbocycles. The molecule has 5 heteroatoms. The van der Waals surface area contributed by atoms with Crippen molar-refractivity contribution >= 4 is 0 Å². The number of pyridine rings is 1. The van der Waals surface area contributed by atoms with Crippen molar-refractivity contribution in [2.75, 3.05) is 34.3 Å². The topological polar surface area (TPSA) is 57.6 Å². The van der Waals surface area contributed by atoms with Gasteiger partial charge in [0.1, 0.15) is 5.75 Å². The van der Waals surface area contributed by atoms with E-state index in [9.17, 15) is 5.11 Å². The number of phenols is 1. The summed E-state index contributed by atoms with van der Waals surface area (Å²) in [7, 11) is 5.77. The molecule has 0 amide bonds. The predicted molar refractivity (Wildman–Crippen MR) is 102 cm³/mol. The Balaban J connectivity index is 2.09. The summed E-state index contributed by atoms with van der Waals surface area (Å²) in [4.78, 5) is 6.64. The summed E-state index contributed by atoms with van der Waals surface area (Å²) in [5, 5.41) is 13.6. The summed E-state index contributed by atoms with van der Waals surface area (Å²) < 4.78 is 5.19. The van der Waals surface area contributed by atoms with Gasteiger partial charge in [-0.1, -0.05) is 19.9 Å². The summed E-state index contributed by atoms with van der Waals surface area (Å²) in [5.74, 6) is 0.875. The van der Waals surface area contributed by atoms with Crippen LogP contribution in [0.2, 0.25) is 0 Å². The highest BCUT2D eigenvalue weighted by Crippen LogP contribution is 2.26. The highest BCUT2D eigenvalue weighted by Gasteiger charge is 2.18. The van der Waals surface area contributed by atoms with E-state index in [1.165, 1.54) is 0 Å². The Morgan fingerprint density at radius 1 is 1.20 bits per heavy atom. The summed E-state index contributed by atoms with van der Waals surface area (Å²) in [5.41, 5.74) is 2.81. The van der Waals surface area contributed by atoms with Gasteiger partial charge in [0.25, 0.3) is 0 Å². The molecule has 0 aliphatic carbocycles. The lowest BCUT2D eigenvalue weighted by molar-refractivity contribution is 0.232. The number of benzene rings is 1. The van der Waals surface area contributed by atoms with Crippen LogP contribution in [-0.4, -0.2) is 49.3 Å². The zero-order chi connectivity index (χ0) is 18.4. The molecule has 0 aliphatic heterocycles. The molecular formula is C20H29N3O2. The van der Waals surface area contributed by atoms with Gasteiger partial charge in [-0.2, -0.15) is 0 Å². The summed E-state index contributed by atoms with van der Waals surface area (Å²) >= 11 is 0. The maximum atomic E-state index is 10.2. The smallest absolute Gasteiger partial charge is 0.213 e. The third-order valence-electron chi connectivity index (χ3n) is 3.97. The molecule has 0 aliphatic rings. The van der Waals surface area contributed by atoms with E-state index in [0.29, 0.717) is 18.2 Å². The van der Waals surface area contributed by atoms with Gasteiger partial charge in [-0.3, -0.25) is 0 Å². The van der Waals surface area contributed by atoms with Gasteiger partial charge in [0.05, 0.1) is 12.8 Å². The molecule has 2 aromatic rings. The van der Waals surface area contributed by atoms with Crippen LogP contribution in [0.15, 0.2) is 36.4 Å². The number of hydrogen-bond donors (Lipinski definition) is 2. The van der Waals surface area contributed by atoms with Gasteiger partial charge >= 0.3 is 0 Å². The third-order valence-corrected chi connectivity index (χ3v) is 3.97.